The number of aromatic nitrogens is 1. The van der Waals surface area contributed by atoms with E-state index in [1.165, 1.54) is 0 Å². The van der Waals surface area contributed by atoms with Gasteiger partial charge in [-0.05, 0) is 39.2 Å². The fourth-order valence-corrected chi connectivity index (χ4v) is 3.57. The predicted molar refractivity (Wildman–Crippen MR) is 85.0 cm³/mol. The molecule has 1 aliphatic heterocycles. The molecule has 1 unspecified atom stereocenters. The van der Waals surface area contributed by atoms with Gasteiger partial charge < -0.3 is 14.6 Å². The molecule has 1 aromatic rings. The molecule has 5 heteroatoms. The quantitative estimate of drug-likeness (QED) is 0.930. The van der Waals surface area contributed by atoms with Crippen LogP contribution in [0.1, 0.15) is 48.9 Å². The third kappa shape index (κ3) is 2.42. The normalized spacial score (nSPS) is 21.6. The van der Waals surface area contributed by atoms with E-state index in [-0.39, 0.29) is 11.8 Å². The zero-order valence-corrected chi connectivity index (χ0v) is 14.1. The summed E-state index contributed by atoms with van der Waals surface area (Å²) in [6, 6.07) is 1.91. The highest BCUT2D eigenvalue weighted by atomic mass is 16.4. The van der Waals surface area contributed by atoms with Crippen molar-refractivity contribution in [2.75, 3.05) is 13.1 Å². The average Bonchev–Trinajstić information content (AvgIpc) is 3.01. The van der Waals surface area contributed by atoms with E-state index in [4.69, 9.17) is 0 Å². The van der Waals surface area contributed by atoms with E-state index in [0.29, 0.717) is 25.1 Å². The van der Waals surface area contributed by atoms with Gasteiger partial charge in [-0.15, -0.1) is 0 Å². The van der Waals surface area contributed by atoms with Gasteiger partial charge >= 0.3 is 5.97 Å². The Morgan fingerprint density at radius 2 is 2.00 bits per heavy atom. The van der Waals surface area contributed by atoms with E-state index in [1.54, 1.807) is 4.90 Å². The van der Waals surface area contributed by atoms with E-state index in [1.807, 2.05) is 33.8 Å². The van der Waals surface area contributed by atoms with Gasteiger partial charge in [0.15, 0.2) is 0 Å². The molecule has 1 N–H and O–H groups in total. The summed E-state index contributed by atoms with van der Waals surface area (Å²) in [4.78, 5) is 26.2. The molecule has 0 aliphatic carbocycles. The molecule has 0 aromatic carbocycles. The molecule has 2 heterocycles. The summed E-state index contributed by atoms with van der Waals surface area (Å²) >= 11 is 0. The predicted octanol–water partition coefficient (Wildman–Crippen LogP) is 2.70. The molecule has 0 saturated carbocycles. The molecule has 122 valence electrons. The van der Waals surface area contributed by atoms with Crippen LogP contribution >= 0.6 is 0 Å². The second kappa shape index (κ2) is 5.78. The van der Waals surface area contributed by atoms with Crippen LogP contribution in [-0.4, -0.2) is 39.5 Å². The standard InChI is InChI=1S/C17H26N2O3/c1-6-19-12(4)9-14(13(19)5)15(20)18-8-7-17(10-18,11(2)3)16(21)22/h9,11H,6-8,10H2,1-5H3,(H,21,22). The second-order valence-corrected chi connectivity index (χ2v) is 6.62. The highest BCUT2D eigenvalue weighted by Gasteiger charge is 2.48. The van der Waals surface area contributed by atoms with Gasteiger partial charge in [0.05, 0.1) is 11.0 Å². The number of carbonyl (C=O) groups is 2. The van der Waals surface area contributed by atoms with Crippen molar-refractivity contribution in [3.63, 3.8) is 0 Å². The maximum atomic E-state index is 12.8. The highest BCUT2D eigenvalue weighted by molar-refractivity contribution is 5.96. The summed E-state index contributed by atoms with van der Waals surface area (Å²) in [5.41, 5.74) is 1.91. The van der Waals surface area contributed by atoms with E-state index in [9.17, 15) is 14.7 Å². The number of amides is 1. The summed E-state index contributed by atoms with van der Waals surface area (Å²) in [5, 5.41) is 9.60. The van der Waals surface area contributed by atoms with Crippen molar-refractivity contribution in [2.45, 2.75) is 47.6 Å². The third-order valence-corrected chi connectivity index (χ3v) is 5.24. The minimum Gasteiger partial charge on any atom is -0.481 e. The van der Waals surface area contributed by atoms with Crippen LogP contribution in [0.25, 0.3) is 0 Å². The van der Waals surface area contributed by atoms with Crippen LogP contribution in [-0.2, 0) is 11.3 Å². The van der Waals surface area contributed by atoms with Gasteiger partial charge in [-0.2, -0.15) is 0 Å². The summed E-state index contributed by atoms with van der Waals surface area (Å²) in [6.45, 7) is 11.5. The third-order valence-electron chi connectivity index (χ3n) is 5.24. The lowest BCUT2D eigenvalue weighted by atomic mass is 9.76. The lowest BCUT2D eigenvalue weighted by molar-refractivity contribution is -0.150. The van der Waals surface area contributed by atoms with Crippen LogP contribution in [0.2, 0.25) is 0 Å². The average molecular weight is 306 g/mol. The van der Waals surface area contributed by atoms with Crippen molar-refractivity contribution in [1.29, 1.82) is 0 Å². The molecule has 5 nitrogen and oxygen atoms in total. The molecule has 1 aliphatic rings. The fraction of sp³-hybridized carbons (Fsp3) is 0.647. The van der Waals surface area contributed by atoms with Crippen LogP contribution in [0.5, 0.6) is 0 Å². The van der Waals surface area contributed by atoms with Gasteiger partial charge in [-0.1, -0.05) is 13.8 Å². The summed E-state index contributed by atoms with van der Waals surface area (Å²) in [5.74, 6) is -0.834. The maximum Gasteiger partial charge on any atom is 0.311 e. The highest BCUT2D eigenvalue weighted by Crippen LogP contribution is 2.39. The molecule has 2 rings (SSSR count). The van der Waals surface area contributed by atoms with Gasteiger partial charge in [0.1, 0.15) is 0 Å². The fourth-order valence-electron chi connectivity index (χ4n) is 3.57. The van der Waals surface area contributed by atoms with E-state index < -0.39 is 11.4 Å². The van der Waals surface area contributed by atoms with E-state index in [2.05, 4.69) is 11.5 Å². The van der Waals surface area contributed by atoms with Crippen LogP contribution < -0.4 is 0 Å². The Labute approximate surface area is 131 Å². The molecule has 0 bridgehead atoms. The number of likely N-dealkylation sites (tertiary alicyclic amines) is 1. The number of nitrogens with zero attached hydrogens (tertiary/aromatic N) is 2. The first kappa shape index (κ1) is 16.6. The smallest absolute Gasteiger partial charge is 0.311 e. The summed E-state index contributed by atoms with van der Waals surface area (Å²) in [6.07, 6.45) is 0.526. The Morgan fingerprint density at radius 3 is 2.41 bits per heavy atom. The number of aliphatic carboxylic acids is 1. The molecule has 0 radical (unpaired) electrons. The van der Waals surface area contributed by atoms with Crippen molar-refractivity contribution in [3.05, 3.63) is 23.0 Å². The monoisotopic (exact) mass is 306 g/mol. The topological polar surface area (TPSA) is 62.5 Å². The van der Waals surface area contributed by atoms with Gasteiger partial charge in [0.2, 0.25) is 0 Å². The number of hydrogen-bond acceptors (Lipinski definition) is 2. The summed E-state index contributed by atoms with van der Waals surface area (Å²) < 4.78 is 2.11. The Morgan fingerprint density at radius 1 is 1.36 bits per heavy atom. The van der Waals surface area contributed by atoms with Gasteiger partial charge in [0, 0.05) is 31.0 Å². The first-order valence-electron chi connectivity index (χ1n) is 7.94. The van der Waals surface area contributed by atoms with Crippen LogP contribution in [0.15, 0.2) is 6.07 Å². The largest absolute Gasteiger partial charge is 0.481 e. The SMILES string of the molecule is CCn1c(C)cc(C(=O)N2CCC(C(=O)O)(C(C)C)C2)c1C. The number of hydrogen-bond donors (Lipinski definition) is 1. The Bertz CT molecular complexity index is 603. The van der Waals surface area contributed by atoms with Gasteiger partial charge in [0.25, 0.3) is 5.91 Å². The molecule has 1 fully saturated rings. The molecule has 1 atom stereocenters. The maximum absolute atomic E-state index is 12.8. The molecule has 1 saturated heterocycles. The Kier molecular flexibility index (Phi) is 4.36. The molecule has 1 aromatic heterocycles. The molecule has 22 heavy (non-hydrogen) atoms. The van der Waals surface area contributed by atoms with Crippen molar-refractivity contribution < 1.29 is 14.7 Å². The number of aryl methyl sites for hydroxylation is 1. The van der Waals surface area contributed by atoms with Crippen LogP contribution in [0.3, 0.4) is 0 Å². The summed E-state index contributed by atoms with van der Waals surface area (Å²) in [7, 11) is 0. The van der Waals surface area contributed by atoms with Crippen LogP contribution in [0, 0.1) is 25.2 Å². The zero-order chi connectivity index (χ0) is 16.7. The zero-order valence-electron chi connectivity index (χ0n) is 14.1. The Hall–Kier alpha value is -1.78. The lowest BCUT2D eigenvalue weighted by Crippen LogP contribution is -2.40. The number of carbonyl (C=O) groups excluding carboxylic acids is 1. The first-order chi connectivity index (χ1) is 10.2. The van der Waals surface area contributed by atoms with Gasteiger partial charge in [-0.25, -0.2) is 0 Å². The number of rotatable bonds is 4. The van der Waals surface area contributed by atoms with Crippen molar-refractivity contribution in [2.24, 2.45) is 11.3 Å². The first-order valence-corrected chi connectivity index (χ1v) is 7.94. The van der Waals surface area contributed by atoms with Crippen molar-refractivity contribution >= 4 is 11.9 Å². The lowest BCUT2D eigenvalue weighted by Gasteiger charge is -2.28. The minimum atomic E-state index is -0.814. The van der Waals surface area contributed by atoms with E-state index >= 15 is 0 Å². The van der Waals surface area contributed by atoms with E-state index in [0.717, 1.165) is 17.9 Å². The van der Waals surface area contributed by atoms with Crippen molar-refractivity contribution in [1.82, 2.24) is 9.47 Å². The molecular formula is C17H26N2O3. The minimum absolute atomic E-state index is 0.00544. The Balaban J connectivity index is 2.28. The van der Waals surface area contributed by atoms with Crippen LogP contribution in [0.4, 0.5) is 0 Å². The second-order valence-electron chi connectivity index (χ2n) is 6.62. The number of carboxylic acids is 1. The van der Waals surface area contributed by atoms with Gasteiger partial charge in [-0.3, -0.25) is 9.59 Å². The van der Waals surface area contributed by atoms with Crippen molar-refractivity contribution in [3.8, 4) is 0 Å². The molecule has 0 spiro atoms. The number of carboxylic acid groups (broad SMARTS) is 1. The molecular weight excluding hydrogens is 280 g/mol. The molecule has 1 amide bonds.